The van der Waals surface area contributed by atoms with Crippen LogP contribution < -0.4 is 5.32 Å². The molecule has 0 bridgehead atoms. The molecule has 2 aromatic rings. The summed E-state index contributed by atoms with van der Waals surface area (Å²) in [5, 5.41) is 3.26. The van der Waals surface area contributed by atoms with E-state index in [0.717, 1.165) is 11.1 Å². The van der Waals surface area contributed by atoms with Crippen molar-refractivity contribution in [1.29, 1.82) is 0 Å². The van der Waals surface area contributed by atoms with Gasteiger partial charge in [-0.3, -0.25) is 10.1 Å². The summed E-state index contributed by atoms with van der Waals surface area (Å²) in [6, 6.07) is 19.9. The molecule has 2 atom stereocenters. The van der Waals surface area contributed by atoms with Crippen molar-refractivity contribution < 1.29 is 9.53 Å². The first-order valence-electron chi connectivity index (χ1n) is 6.37. The number of carbonyl (C=O) groups is 1. The Balaban J connectivity index is 1.95. The van der Waals surface area contributed by atoms with Crippen LogP contribution in [0.1, 0.15) is 23.3 Å². The van der Waals surface area contributed by atoms with Gasteiger partial charge in [-0.15, -0.1) is 0 Å². The highest BCUT2D eigenvalue weighted by Crippen LogP contribution is 2.34. The molecule has 1 heterocycles. The molecule has 3 heteroatoms. The van der Waals surface area contributed by atoms with Crippen LogP contribution in [-0.2, 0) is 9.53 Å². The van der Waals surface area contributed by atoms with Gasteiger partial charge in [-0.05, 0) is 11.1 Å². The van der Waals surface area contributed by atoms with Gasteiger partial charge in [-0.25, -0.2) is 0 Å². The van der Waals surface area contributed by atoms with E-state index in [0.29, 0.717) is 0 Å². The van der Waals surface area contributed by atoms with E-state index in [2.05, 4.69) is 5.32 Å². The Bertz CT molecular complexity index is 553. The van der Waals surface area contributed by atoms with E-state index in [1.54, 1.807) is 0 Å². The van der Waals surface area contributed by atoms with Crippen LogP contribution in [0, 0.1) is 0 Å². The Kier molecular flexibility index (Phi) is 3.29. The SMILES string of the molecule is O=C1CN[C@H](c2ccccc2)[C@@H](c2ccccc2)O1. The summed E-state index contributed by atoms with van der Waals surface area (Å²) in [6.45, 7) is 0.253. The molecule has 1 fully saturated rings. The Labute approximate surface area is 112 Å². The van der Waals surface area contributed by atoms with Gasteiger partial charge < -0.3 is 4.74 Å². The topological polar surface area (TPSA) is 38.3 Å². The number of cyclic esters (lactones) is 1. The number of rotatable bonds is 2. The van der Waals surface area contributed by atoms with Crippen LogP contribution in [0.25, 0.3) is 0 Å². The van der Waals surface area contributed by atoms with E-state index >= 15 is 0 Å². The Morgan fingerprint density at radius 3 is 2.11 bits per heavy atom. The number of hydrogen-bond acceptors (Lipinski definition) is 3. The molecule has 0 saturated carbocycles. The highest BCUT2D eigenvalue weighted by atomic mass is 16.5. The fourth-order valence-electron chi connectivity index (χ4n) is 2.41. The van der Waals surface area contributed by atoms with Gasteiger partial charge in [0, 0.05) is 0 Å². The lowest BCUT2D eigenvalue weighted by molar-refractivity contribution is -0.155. The maximum absolute atomic E-state index is 11.5. The Morgan fingerprint density at radius 1 is 0.895 bits per heavy atom. The van der Waals surface area contributed by atoms with Gasteiger partial charge in [0.1, 0.15) is 6.10 Å². The minimum Gasteiger partial charge on any atom is -0.454 e. The predicted octanol–water partition coefficient (Wildman–Crippen LogP) is 2.62. The van der Waals surface area contributed by atoms with Crippen molar-refractivity contribution in [3.8, 4) is 0 Å². The Morgan fingerprint density at radius 2 is 1.47 bits per heavy atom. The Hall–Kier alpha value is -2.13. The van der Waals surface area contributed by atoms with Gasteiger partial charge >= 0.3 is 5.97 Å². The molecule has 0 aromatic heterocycles. The molecular weight excluding hydrogens is 238 g/mol. The van der Waals surface area contributed by atoms with Gasteiger partial charge in [0.15, 0.2) is 0 Å². The van der Waals surface area contributed by atoms with Crippen molar-refractivity contribution in [1.82, 2.24) is 5.32 Å². The number of esters is 1. The number of hydrogen-bond donors (Lipinski definition) is 1. The molecule has 3 rings (SSSR count). The van der Waals surface area contributed by atoms with Gasteiger partial charge in [0.25, 0.3) is 0 Å². The van der Waals surface area contributed by atoms with Crippen molar-refractivity contribution in [2.24, 2.45) is 0 Å². The number of morpholine rings is 1. The fraction of sp³-hybridized carbons (Fsp3) is 0.188. The van der Waals surface area contributed by atoms with Crippen molar-refractivity contribution >= 4 is 5.97 Å². The summed E-state index contributed by atoms with van der Waals surface area (Å²) in [6.07, 6.45) is -0.273. The molecule has 1 aliphatic rings. The zero-order chi connectivity index (χ0) is 13.1. The molecule has 0 amide bonds. The summed E-state index contributed by atoms with van der Waals surface area (Å²) in [7, 11) is 0. The standard InChI is InChI=1S/C16H15NO2/c18-14-11-17-15(12-7-3-1-4-8-12)16(19-14)13-9-5-2-6-10-13/h1-10,15-17H,11H2/t15-,16-/m1/s1. The van der Waals surface area contributed by atoms with E-state index in [4.69, 9.17) is 4.74 Å². The third kappa shape index (κ3) is 2.51. The highest BCUT2D eigenvalue weighted by molar-refractivity contribution is 5.73. The van der Waals surface area contributed by atoms with E-state index in [1.165, 1.54) is 0 Å². The third-order valence-electron chi connectivity index (χ3n) is 3.31. The summed E-state index contributed by atoms with van der Waals surface area (Å²) >= 11 is 0. The first-order chi connectivity index (χ1) is 9.34. The van der Waals surface area contributed by atoms with Crippen LogP contribution in [0.4, 0.5) is 0 Å². The number of benzene rings is 2. The third-order valence-corrected chi connectivity index (χ3v) is 3.31. The van der Waals surface area contributed by atoms with Gasteiger partial charge in [-0.1, -0.05) is 60.7 Å². The van der Waals surface area contributed by atoms with Gasteiger partial charge in [-0.2, -0.15) is 0 Å². The van der Waals surface area contributed by atoms with Crippen molar-refractivity contribution in [2.45, 2.75) is 12.1 Å². The van der Waals surface area contributed by atoms with Gasteiger partial charge in [0.05, 0.1) is 12.6 Å². The zero-order valence-electron chi connectivity index (χ0n) is 10.5. The minimum atomic E-state index is -0.273. The van der Waals surface area contributed by atoms with Crippen LogP contribution >= 0.6 is 0 Å². The molecule has 1 saturated heterocycles. The molecule has 0 aliphatic carbocycles. The second-order valence-corrected chi connectivity index (χ2v) is 4.59. The summed E-state index contributed by atoms with van der Waals surface area (Å²) < 4.78 is 5.54. The molecule has 96 valence electrons. The molecular formula is C16H15NO2. The average molecular weight is 253 g/mol. The first kappa shape index (κ1) is 11.9. The summed E-state index contributed by atoms with van der Waals surface area (Å²) in [4.78, 5) is 11.5. The summed E-state index contributed by atoms with van der Waals surface area (Å²) in [5.41, 5.74) is 2.14. The molecule has 0 unspecified atom stereocenters. The largest absolute Gasteiger partial charge is 0.454 e. The maximum Gasteiger partial charge on any atom is 0.320 e. The monoisotopic (exact) mass is 253 g/mol. The quantitative estimate of drug-likeness (QED) is 0.836. The lowest BCUT2D eigenvalue weighted by Crippen LogP contribution is -2.40. The van der Waals surface area contributed by atoms with E-state index < -0.39 is 0 Å². The molecule has 19 heavy (non-hydrogen) atoms. The smallest absolute Gasteiger partial charge is 0.320 e. The molecule has 1 aliphatic heterocycles. The second kappa shape index (κ2) is 5.24. The second-order valence-electron chi connectivity index (χ2n) is 4.59. The molecule has 0 radical (unpaired) electrons. The van der Waals surface area contributed by atoms with Crippen LogP contribution in [0.5, 0.6) is 0 Å². The van der Waals surface area contributed by atoms with E-state index in [1.807, 2.05) is 60.7 Å². The van der Waals surface area contributed by atoms with Crippen molar-refractivity contribution in [3.63, 3.8) is 0 Å². The first-order valence-corrected chi connectivity index (χ1v) is 6.37. The lowest BCUT2D eigenvalue weighted by atomic mass is 9.94. The normalized spacial score (nSPS) is 22.8. The minimum absolute atomic E-state index is 0.00120. The summed E-state index contributed by atoms with van der Waals surface area (Å²) in [5.74, 6) is -0.207. The number of carbonyl (C=O) groups excluding carboxylic acids is 1. The van der Waals surface area contributed by atoms with E-state index in [9.17, 15) is 4.79 Å². The molecule has 2 aromatic carbocycles. The van der Waals surface area contributed by atoms with Crippen LogP contribution in [-0.4, -0.2) is 12.5 Å². The molecule has 1 N–H and O–H groups in total. The maximum atomic E-state index is 11.5. The zero-order valence-corrected chi connectivity index (χ0v) is 10.5. The van der Waals surface area contributed by atoms with Crippen LogP contribution in [0.15, 0.2) is 60.7 Å². The molecule has 3 nitrogen and oxygen atoms in total. The van der Waals surface area contributed by atoms with Crippen molar-refractivity contribution in [2.75, 3.05) is 6.54 Å². The lowest BCUT2D eigenvalue weighted by Gasteiger charge is -2.32. The highest BCUT2D eigenvalue weighted by Gasteiger charge is 2.32. The van der Waals surface area contributed by atoms with Crippen LogP contribution in [0.3, 0.4) is 0 Å². The fourth-order valence-corrected chi connectivity index (χ4v) is 2.41. The van der Waals surface area contributed by atoms with Gasteiger partial charge in [0.2, 0.25) is 0 Å². The van der Waals surface area contributed by atoms with Crippen molar-refractivity contribution in [3.05, 3.63) is 71.8 Å². The predicted molar refractivity (Wildman–Crippen MR) is 72.5 cm³/mol. The van der Waals surface area contributed by atoms with Crippen LogP contribution in [0.2, 0.25) is 0 Å². The number of nitrogens with one attached hydrogen (secondary N) is 1. The average Bonchev–Trinajstić information content (AvgIpc) is 2.49. The molecule has 0 spiro atoms. The van der Waals surface area contributed by atoms with E-state index in [-0.39, 0.29) is 24.7 Å². The number of ether oxygens (including phenoxy) is 1.